The van der Waals surface area contributed by atoms with Gasteiger partial charge in [-0.05, 0) is 59.1 Å². The molecule has 1 aromatic carbocycles. The summed E-state index contributed by atoms with van der Waals surface area (Å²) in [6.07, 6.45) is 5.32. The van der Waals surface area contributed by atoms with Crippen LogP contribution in [0.3, 0.4) is 0 Å². The van der Waals surface area contributed by atoms with Gasteiger partial charge >= 0.3 is 5.97 Å². The van der Waals surface area contributed by atoms with E-state index in [0.29, 0.717) is 21.9 Å². The highest BCUT2D eigenvalue weighted by molar-refractivity contribution is 6.11. The average Bonchev–Trinajstić information content (AvgIpc) is 3.03. The summed E-state index contributed by atoms with van der Waals surface area (Å²) in [6, 6.07) is 4.05. The molecular weight excluding hydrogens is 368 g/mol. The smallest absolute Gasteiger partial charge is 0.340 e. The minimum atomic E-state index is -1.12. The number of benzene rings is 1. The van der Waals surface area contributed by atoms with Crippen LogP contribution in [0.4, 0.5) is 0 Å². The molecule has 2 aromatic rings. The number of hydrogen-bond donors (Lipinski definition) is 1. The number of carbonyl (C=O) groups excluding carboxylic acids is 1. The molecule has 0 radical (unpaired) electrons. The Labute approximate surface area is 169 Å². The van der Waals surface area contributed by atoms with Gasteiger partial charge in [0.1, 0.15) is 16.7 Å². The second-order valence-corrected chi connectivity index (χ2v) is 9.27. The van der Waals surface area contributed by atoms with Crippen molar-refractivity contribution in [3.63, 3.8) is 0 Å². The maximum absolute atomic E-state index is 12.1. The Kier molecular flexibility index (Phi) is 4.26. The molecule has 0 bridgehead atoms. The van der Waals surface area contributed by atoms with Crippen molar-refractivity contribution >= 4 is 23.9 Å². The molecule has 0 atom stereocenters. The summed E-state index contributed by atoms with van der Waals surface area (Å²) in [7, 11) is 1.58. The second-order valence-electron chi connectivity index (χ2n) is 9.27. The van der Waals surface area contributed by atoms with Gasteiger partial charge in [0, 0.05) is 11.6 Å². The molecule has 0 unspecified atom stereocenters. The number of ketones is 1. The predicted octanol–water partition coefficient (Wildman–Crippen LogP) is 3.54. The van der Waals surface area contributed by atoms with E-state index in [1.54, 1.807) is 13.2 Å². The number of fused-ring (bicyclic) bond motifs is 2. The molecule has 4 rings (SSSR count). The number of methoxy groups -OCH3 is 1. The molecule has 1 heterocycles. The minimum Gasteiger partial charge on any atom is -0.496 e. The zero-order chi connectivity index (χ0) is 21.1. The molecule has 0 aliphatic heterocycles. The van der Waals surface area contributed by atoms with Crippen molar-refractivity contribution in [2.75, 3.05) is 7.11 Å². The van der Waals surface area contributed by atoms with Crippen molar-refractivity contribution < 1.29 is 23.8 Å². The Bertz CT molecular complexity index is 1160. The van der Waals surface area contributed by atoms with Crippen molar-refractivity contribution in [2.45, 2.75) is 57.8 Å². The fourth-order valence-corrected chi connectivity index (χ4v) is 4.51. The van der Waals surface area contributed by atoms with Gasteiger partial charge in [-0.25, -0.2) is 4.79 Å². The van der Waals surface area contributed by atoms with Crippen LogP contribution in [-0.2, 0) is 15.6 Å². The molecule has 1 aromatic heterocycles. The monoisotopic (exact) mass is 394 g/mol. The zero-order valence-electron chi connectivity index (χ0n) is 17.5. The van der Waals surface area contributed by atoms with Crippen molar-refractivity contribution in [1.82, 2.24) is 0 Å². The van der Waals surface area contributed by atoms with Crippen LogP contribution in [-0.4, -0.2) is 24.0 Å². The number of hydrogen-bond acceptors (Lipinski definition) is 4. The van der Waals surface area contributed by atoms with Crippen LogP contribution < -0.4 is 15.4 Å². The first-order valence-electron chi connectivity index (χ1n) is 9.89. The maximum atomic E-state index is 12.1. The van der Waals surface area contributed by atoms with Crippen molar-refractivity contribution in [2.24, 2.45) is 0 Å². The Morgan fingerprint density at radius 3 is 2.31 bits per heavy atom. The molecule has 2 aliphatic carbocycles. The van der Waals surface area contributed by atoms with Crippen LogP contribution in [0.5, 0.6) is 5.75 Å². The van der Waals surface area contributed by atoms with Crippen LogP contribution in [0.2, 0.25) is 0 Å². The number of rotatable bonds is 3. The van der Waals surface area contributed by atoms with E-state index in [9.17, 15) is 14.7 Å². The van der Waals surface area contributed by atoms with Gasteiger partial charge in [0.05, 0.1) is 12.7 Å². The highest BCUT2D eigenvalue weighted by Crippen LogP contribution is 2.49. The van der Waals surface area contributed by atoms with Crippen molar-refractivity contribution in [3.05, 3.63) is 39.5 Å². The first-order chi connectivity index (χ1) is 13.5. The van der Waals surface area contributed by atoms with Gasteiger partial charge in [-0.3, -0.25) is 4.79 Å². The molecular formula is C24H26O5. The Morgan fingerprint density at radius 2 is 1.72 bits per heavy atom. The minimum absolute atomic E-state index is 0.00265. The van der Waals surface area contributed by atoms with Gasteiger partial charge in [0.25, 0.3) is 0 Å². The molecule has 0 spiro atoms. The van der Waals surface area contributed by atoms with Gasteiger partial charge in [-0.1, -0.05) is 27.7 Å². The van der Waals surface area contributed by atoms with Crippen LogP contribution in [0.15, 0.2) is 16.5 Å². The molecule has 29 heavy (non-hydrogen) atoms. The van der Waals surface area contributed by atoms with Crippen molar-refractivity contribution in [3.8, 4) is 17.1 Å². The average molecular weight is 394 g/mol. The van der Waals surface area contributed by atoms with Crippen LogP contribution in [0, 0.1) is 0 Å². The molecule has 5 heteroatoms. The predicted molar refractivity (Wildman–Crippen MR) is 111 cm³/mol. The Balaban J connectivity index is 2.07. The highest BCUT2D eigenvalue weighted by atomic mass is 16.5. The fraction of sp³-hybridized carbons (Fsp3) is 0.417. The van der Waals surface area contributed by atoms with Crippen molar-refractivity contribution in [1.29, 1.82) is 0 Å². The first kappa shape index (κ1) is 19.5. The van der Waals surface area contributed by atoms with E-state index in [1.807, 2.05) is 12.1 Å². The number of aromatic carboxylic acids is 1. The van der Waals surface area contributed by atoms with E-state index >= 15 is 0 Å². The summed E-state index contributed by atoms with van der Waals surface area (Å²) in [5, 5.41) is 10.2. The third kappa shape index (κ3) is 3.00. The molecule has 1 N–H and O–H groups in total. The summed E-state index contributed by atoms with van der Waals surface area (Å²) in [6.45, 7) is 8.87. The largest absolute Gasteiger partial charge is 0.496 e. The number of furan rings is 1. The number of carboxylic acids is 1. The van der Waals surface area contributed by atoms with Crippen LogP contribution >= 0.6 is 0 Å². The topological polar surface area (TPSA) is 76.7 Å². The highest BCUT2D eigenvalue weighted by Gasteiger charge is 2.38. The zero-order valence-corrected chi connectivity index (χ0v) is 17.5. The third-order valence-electron chi connectivity index (χ3n) is 6.40. The molecule has 0 saturated heterocycles. The Morgan fingerprint density at radius 1 is 1.10 bits per heavy atom. The molecule has 2 aliphatic rings. The maximum Gasteiger partial charge on any atom is 0.340 e. The quantitative estimate of drug-likeness (QED) is 0.862. The van der Waals surface area contributed by atoms with Gasteiger partial charge in [-0.2, -0.15) is 0 Å². The van der Waals surface area contributed by atoms with Gasteiger partial charge in [-0.15, -0.1) is 0 Å². The van der Waals surface area contributed by atoms with Gasteiger partial charge in [0.15, 0.2) is 11.5 Å². The van der Waals surface area contributed by atoms with E-state index in [1.165, 1.54) is 17.2 Å². The normalized spacial score (nSPS) is 18.9. The number of carbonyl (C=O) groups is 2. The number of Topliss-reactive ketones (excluding diaryl/α,β-unsaturated/α-hetero) is 1. The van der Waals surface area contributed by atoms with E-state index < -0.39 is 5.97 Å². The van der Waals surface area contributed by atoms with E-state index in [4.69, 9.17) is 9.15 Å². The summed E-state index contributed by atoms with van der Waals surface area (Å²) in [5.41, 5.74) is 3.40. The summed E-state index contributed by atoms with van der Waals surface area (Å²) in [5.74, 6) is -0.436. The standard InChI is InChI=1S/C24H26O5/c1-23(2)8-9-24(3,4)17-12-19(28-5)15(11-16(17)23)21-20(22(26)27)14-10-13(25)6-7-18(14)29-21/h7,10-12H,6,8-9H2,1-5H3,(H,26,27). The van der Waals surface area contributed by atoms with Gasteiger partial charge < -0.3 is 14.3 Å². The van der Waals surface area contributed by atoms with E-state index in [0.717, 1.165) is 12.8 Å². The van der Waals surface area contributed by atoms with Crippen LogP contribution in [0.25, 0.3) is 23.5 Å². The summed E-state index contributed by atoms with van der Waals surface area (Å²) >= 11 is 0. The number of ether oxygens (including phenoxy) is 1. The molecule has 0 saturated carbocycles. The fourth-order valence-electron chi connectivity index (χ4n) is 4.51. The second kappa shape index (κ2) is 6.34. The summed E-state index contributed by atoms with van der Waals surface area (Å²) in [4.78, 5) is 24.0. The first-order valence-corrected chi connectivity index (χ1v) is 9.89. The van der Waals surface area contributed by atoms with E-state index in [-0.39, 0.29) is 34.4 Å². The SMILES string of the molecule is COc1cc2c(cc1-c1oc3c(c1C(=O)O)=CC(=O)CC=3)C(C)(C)CCC2(C)C. The Hall–Kier alpha value is -2.82. The van der Waals surface area contributed by atoms with Gasteiger partial charge in [0.2, 0.25) is 0 Å². The lowest BCUT2D eigenvalue weighted by Crippen LogP contribution is -2.34. The summed E-state index contributed by atoms with van der Waals surface area (Å²) < 4.78 is 11.7. The molecule has 5 nitrogen and oxygen atoms in total. The van der Waals surface area contributed by atoms with E-state index in [2.05, 4.69) is 27.7 Å². The molecule has 152 valence electrons. The lowest BCUT2D eigenvalue weighted by molar-refractivity contribution is -0.112. The lowest BCUT2D eigenvalue weighted by Gasteiger charge is -2.42. The lowest BCUT2D eigenvalue weighted by atomic mass is 9.63. The third-order valence-corrected chi connectivity index (χ3v) is 6.40. The molecule has 0 amide bonds. The van der Waals surface area contributed by atoms with Crippen LogP contribution in [0.1, 0.15) is 68.4 Å². The number of carboxylic acid groups (broad SMARTS) is 1. The molecule has 0 fully saturated rings.